The van der Waals surface area contributed by atoms with Gasteiger partial charge >= 0.3 is 0 Å². The molecular formula is C14H29N3. The maximum absolute atomic E-state index is 9.04. The van der Waals surface area contributed by atoms with Crippen LogP contribution in [0.2, 0.25) is 0 Å². The van der Waals surface area contributed by atoms with Gasteiger partial charge in [0.05, 0.1) is 6.07 Å². The van der Waals surface area contributed by atoms with Crippen molar-refractivity contribution in [1.82, 2.24) is 10.2 Å². The Labute approximate surface area is 107 Å². The molecule has 17 heavy (non-hydrogen) atoms. The van der Waals surface area contributed by atoms with Gasteiger partial charge in [-0.3, -0.25) is 0 Å². The standard InChI is InChI=1S/C14H29N3/c1-6-13(7-2)17(5)11-9-8-10-14(3,12-15)16-4/h13,16H,6-11H2,1-5H3. The molecule has 0 aromatic heterocycles. The summed E-state index contributed by atoms with van der Waals surface area (Å²) in [7, 11) is 4.07. The second-order valence-electron chi connectivity index (χ2n) is 5.10. The number of hydrogen-bond donors (Lipinski definition) is 1. The molecule has 0 spiro atoms. The van der Waals surface area contributed by atoms with Crippen LogP contribution in [0.25, 0.3) is 0 Å². The largest absolute Gasteiger partial charge is 0.303 e. The molecule has 0 aromatic carbocycles. The molecule has 0 aliphatic carbocycles. The van der Waals surface area contributed by atoms with Crippen molar-refractivity contribution >= 4 is 0 Å². The Bertz CT molecular complexity index is 230. The Morgan fingerprint density at radius 3 is 2.29 bits per heavy atom. The minimum Gasteiger partial charge on any atom is -0.303 e. The van der Waals surface area contributed by atoms with Crippen molar-refractivity contribution < 1.29 is 0 Å². The first-order valence-corrected chi connectivity index (χ1v) is 6.83. The topological polar surface area (TPSA) is 39.1 Å². The molecule has 0 fully saturated rings. The molecule has 0 aliphatic rings. The van der Waals surface area contributed by atoms with Crippen LogP contribution < -0.4 is 5.32 Å². The van der Waals surface area contributed by atoms with Gasteiger partial charge in [0.15, 0.2) is 0 Å². The Morgan fingerprint density at radius 2 is 1.88 bits per heavy atom. The number of hydrogen-bond acceptors (Lipinski definition) is 3. The fourth-order valence-corrected chi connectivity index (χ4v) is 2.17. The molecule has 100 valence electrons. The van der Waals surface area contributed by atoms with Gasteiger partial charge in [0, 0.05) is 6.04 Å². The Balaban J connectivity index is 3.82. The van der Waals surface area contributed by atoms with Gasteiger partial charge in [-0.2, -0.15) is 5.26 Å². The fourth-order valence-electron chi connectivity index (χ4n) is 2.17. The molecule has 0 saturated heterocycles. The Hall–Kier alpha value is -0.590. The first-order valence-electron chi connectivity index (χ1n) is 6.83. The summed E-state index contributed by atoms with van der Waals surface area (Å²) in [6.45, 7) is 7.60. The molecule has 0 aliphatic heterocycles. The molecule has 1 atom stereocenters. The zero-order valence-electron chi connectivity index (χ0n) is 12.2. The summed E-state index contributed by atoms with van der Waals surface area (Å²) in [5.74, 6) is 0. The first kappa shape index (κ1) is 16.4. The van der Waals surface area contributed by atoms with Crippen molar-refractivity contribution in [3.8, 4) is 6.07 Å². The Morgan fingerprint density at radius 1 is 1.29 bits per heavy atom. The van der Waals surface area contributed by atoms with E-state index in [0.717, 1.165) is 19.4 Å². The third-order valence-corrected chi connectivity index (χ3v) is 3.80. The number of nitriles is 1. The molecule has 0 aromatic rings. The number of nitrogens with one attached hydrogen (secondary N) is 1. The third kappa shape index (κ3) is 6.05. The predicted molar refractivity (Wildman–Crippen MR) is 73.9 cm³/mol. The molecule has 0 bridgehead atoms. The molecular weight excluding hydrogens is 210 g/mol. The van der Waals surface area contributed by atoms with E-state index >= 15 is 0 Å². The van der Waals surface area contributed by atoms with Crippen LogP contribution in [0, 0.1) is 11.3 Å². The van der Waals surface area contributed by atoms with E-state index in [4.69, 9.17) is 5.26 Å². The maximum atomic E-state index is 9.04. The SMILES string of the molecule is CCC(CC)N(C)CCCCC(C)(C#N)NC. The van der Waals surface area contributed by atoms with Crippen LogP contribution in [0.4, 0.5) is 0 Å². The zero-order valence-corrected chi connectivity index (χ0v) is 12.2. The highest BCUT2D eigenvalue weighted by Crippen LogP contribution is 2.13. The summed E-state index contributed by atoms with van der Waals surface area (Å²) in [6, 6.07) is 3.05. The van der Waals surface area contributed by atoms with E-state index in [1.165, 1.54) is 19.3 Å². The second kappa shape index (κ2) is 8.49. The van der Waals surface area contributed by atoms with Crippen molar-refractivity contribution in [2.75, 3.05) is 20.6 Å². The lowest BCUT2D eigenvalue weighted by atomic mass is 9.97. The number of rotatable bonds is 9. The van der Waals surface area contributed by atoms with Crippen LogP contribution in [0.3, 0.4) is 0 Å². The molecule has 1 N–H and O–H groups in total. The average molecular weight is 239 g/mol. The van der Waals surface area contributed by atoms with Crippen LogP contribution >= 0.6 is 0 Å². The van der Waals surface area contributed by atoms with Crippen LogP contribution in [-0.4, -0.2) is 37.1 Å². The number of unbranched alkanes of at least 4 members (excludes halogenated alkanes) is 1. The minimum absolute atomic E-state index is 0.354. The second-order valence-corrected chi connectivity index (χ2v) is 5.10. The first-order chi connectivity index (χ1) is 8.02. The van der Waals surface area contributed by atoms with Gasteiger partial charge in [-0.15, -0.1) is 0 Å². The van der Waals surface area contributed by atoms with Crippen molar-refractivity contribution in [2.45, 2.75) is 64.5 Å². The zero-order chi connectivity index (χ0) is 13.3. The van der Waals surface area contributed by atoms with Crippen LogP contribution in [-0.2, 0) is 0 Å². The van der Waals surface area contributed by atoms with Crippen molar-refractivity contribution in [3.05, 3.63) is 0 Å². The lowest BCUT2D eigenvalue weighted by Gasteiger charge is -2.26. The summed E-state index contributed by atoms with van der Waals surface area (Å²) in [6.07, 6.45) is 5.65. The number of nitrogens with zero attached hydrogens (tertiary/aromatic N) is 2. The lowest BCUT2D eigenvalue weighted by Crippen LogP contribution is -2.38. The van der Waals surface area contributed by atoms with Gasteiger partial charge in [0.25, 0.3) is 0 Å². The summed E-state index contributed by atoms with van der Waals surface area (Å²) < 4.78 is 0. The van der Waals surface area contributed by atoms with E-state index in [-0.39, 0.29) is 5.54 Å². The summed E-state index contributed by atoms with van der Waals surface area (Å²) >= 11 is 0. The molecule has 1 unspecified atom stereocenters. The predicted octanol–water partition coefficient (Wildman–Crippen LogP) is 2.78. The van der Waals surface area contributed by atoms with Gasteiger partial charge < -0.3 is 10.2 Å². The molecule has 3 nitrogen and oxygen atoms in total. The highest BCUT2D eigenvalue weighted by molar-refractivity contribution is 5.02. The van der Waals surface area contributed by atoms with E-state index in [1.807, 2.05) is 14.0 Å². The van der Waals surface area contributed by atoms with Crippen LogP contribution in [0.1, 0.15) is 52.9 Å². The summed E-state index contributed by atoms with van der Waals surface area (Å²) in [5.41, 5.74) is -0.354. The van der Waals surface area contributed by atoms with Crippen molar-refractivity contribution in [2.24, 2.45) is 0 Å². The van der Waals surface area contributed by atoms with Crippen molar-refractivity contribution in [1.29, 1.82) is 5.26 Å². The quantitative estimate of drug-likeness (QED) is 0.629. The van der Waals surface area contributed by atoms with E-state index < -0.39 is 0 Å². The molecule has 0 saturated carbocycles. The van der Waals surface area contributed by atoms with Gasteiger partial charge in [0.2, 0.25) is 0 Å². The van der Waals surface area contributed by atoms with Crippen LogP contribution in [0.15, 0.2) is 0 Å². The van der Waals surface area contributed by atoms with Gasteiger partial charge in [-0.05, 0) is 59.7 Å². The molecule has 0 radical (unpaired) electrons. The minimum atomic E-state index is -0.354. The van der Waals surface area contributed by atoms with Gasteiger partial charge in [0.1, 0.15) is 5.54 Å². The summed E-state index contributed by atoms with van der Waals surface area (Å²) in [4.78, 5) is 2.45. The third-order valence-electron chi connectivity index (χ3n) is 3.80. The van der Waals surface area contributed by atoms with E-state index in [2.05, 4.69) is 37.2 Å². The van der Waals surface area contributed by atoms with Crippen LogP contribution in [0.5, 0.6) is 0 Å². The average Bonchev–Trinajstić information content (AvgIpc) is 2.36. The molecule has 0 heterocycles. The summed E-state index contributed by atoms with van der Waals surface area (Å²) in [5, 5.41) is 12.1. The van der Waals surface area contributed by atoms with Crippen molar-refractivity contribution in [3.63, 3.8) is 0 Å². The van der Waals surface area contributed by atoms with E-state index in [1.54, 1.807) is 0 Å². The lowest BCUT2D eigenvalue weighted by molar-refractivity contribution is 0.223. The highest BCUT2D eigenvalue weighted by atomic mass is 15.1. The highest BCUT2D eigenvalue weighted by Gasteiger charge is 2.20. The smallest absolute Gasteiger partial charge is 0.103 e. The fraction of sp³-hybridized carbons (Fsp3) is 0.929. The van der Waals surface area contributed by atoms with E-state index in [0.29, 0.717) is 6.04 Å². The Kier molecular flexibility index (Phi) is 8.20. The monoisotopic (exact) mass is 239 g/mol. The maximum Gasteiger partial charge on any atom is 0.103 e. The van der Waals surface area contributed by atoms with E-state index in [9.17, 15) is 0 Å². The van der Waals surface area contributed by atoms with Gasteiger partial charge in [-0.25, -0.2) is 0 Å². The molecule has 3 heteroatoms. The molecule has 0 amide bonds. The normalized spacial score (nSPS) is 14.9. The molecule has 0 rings (SSSR count). The van der Waals surface area contributed by atoms with Gasteiger partial charge in [-0.1, -0.05) is 13.8 Å².